The van der Waals surface area contributed by atoms with Crippen molar-refractivity contribution in [2.75, 3.05) is 0 Å². The predicted octanol–water partition coefficient (Wildman–Crippen LogP) is 3.34. The molecular weight excluding hydrogens is 363 g/mol. The maximum atomic E-state index is 13.3. The fourth-order valence-corrected chi connectivity index (χ4v) is 2.82. The van der Waals surface area contributed by atoms with Gasteiger partial charge in [0.1, 0.15) is 28.5 Å². The van der Waals surface area contributed by atoms with Crippen molar-refractivity contribution in [1.29, 1.82) is 0 Å². The first kappa shape index (κ1) is 17.2. The molecule has 1 aliphatic carbocycles. The van der Waals surface area contributed by atoms with Crippen LogP contribution in [-0.2, 0) is 0 Å². The maximum Gasteiger partial charge on any atom is 0.387 e. The average Bonchev–Trinajstić information content (AvgIpc) is 3.30. The van der Waals surface area contributed by atoms with E-state index in [4.69, 9.17) is 0 Å². The Balaban J connectivity index is 1.81. The third-order valence-electron chi connectivity index (χ3n) is 4.21. The molecule has 27 heavy (non-hydrogen) atoms. The largest absolute Gasteiger partial charge is 0.507 e. The summed E-state index contributed by atoms with van der Waals surface area (Å²) >= 11 is 0. The number of nitrogens with one attached hydrogen (secondary N) is 1. The molecule has 0 atom stereocenters. The number of aromatic nitrogens is 2. The van der Waals surface area contributed by atoms with E-state index in [-0.39, 0.29) is 17.2 Å². The monoisotopic (exact) mass is 377 g/mol. The Morgan fingerprint density at radius 3 is 2.81 bits per heavy atom. The molecule has 1 fully saturated rings. The van der Waals surface area contributed by atoms with E-state index in [1.54, 1.807) is 0 Å². The van der Waals surface area contributed by atoms with E-state index >= 15 is 0 Å². The van der Waals surface area contributed by atoms with Crippen LogP contribution in [0.1, 0.15) is 23.2 Å². The number of hydrogen-bond acceptors (Lipinski definition) is 4. The average molecular weight is 377 g/mol. The van der Waals surface area contributed by atoms with Crippen LogP contribution < -0.4 is 10.1 Å². The Kier molecular flexibility index (Phi) is 4.14. The van der Waals surface area contributed by atoms with Gasteiger partial charge in [0, 0.05) is 23.9 Å². The second-order valence-corrected chi connectivity index (χ2v) is 6.21. The molecule has 0 unspecified atom stereocenters. The van der Waals surface area contributed by atoms with Crippen molar-refractivity contribution in [3.63, 3.8) is 0 Å². The molecule has 3 aromatic rings. The fraction of sp³-hybridized carbons (Fsp3) is 0.222. The number of ether oxygens (including phenoxy) is 1. The minimum absolute atomic E-state index is 0.0235. The van der Waals surface area contributed by atoms with Gasteiger partial charge in [-0.1, -0.05) is 0 Å². The van der Waals surface area contributed by atoms with Crippen LogP contribution in [0, 0.1) is 5.82 Å². The van der Waals surface area contributed by atoms with Crippen LogP contribution in [-0.4, -0.2) is 33.1 Å². The minimum atomic E-state index is -3.18. The van der Waals surface area contributed by atoms with Gasteiger partial charge in [-0.15, -0.1) is 0 Å². The van der Waals surface area contributed by atoms with Gasteiger partial charge in [-0.3, -0.25) is 9.20 Å². The van der Waals surface area contributed by atoms with Crippen LogP contribution in [0.3, 0.4) is 0 Å². The number of phenols is 1. The number of imidazole rings is 1. The summed E-state index contributed by atoms with van der Waals surface area (Å²) in [5.74, 6) is -2.11. The first-order valence-electron chi connectivity index (χ1n) is 8.18. The van der Waals surface area contributed by atoms with Crippen LogP contribution in [0.4, 0.5) is 13.2 Å². The molecule has 2 heterocycles. The van der Waals surface area contributed by atoms with E-state index < -0.39 is 29.8 Å². The molecule has 9 heteroatoms. The lowest BCUT2D eigenvalue weighted by Crippen LogP contribution is -2.26. The van der Waals surface area contributed by atoms with Crippen LogP contribution in [0.5, 0.6) is 11.5 Å². The van der Waals surface area contributed by atoms with Crippen molar-refractivity contribution in [3.8, 4) is 22.8 Å². The van der Waals surface area contributed by atoms with Crippen LogP contribution >= 0.6 is 0 Å². The van der Waals surface area contributed by atoms with E-state index in [0.29, 0.717) is 11.3 Å². The minimum Gasteiger partial charge on any atom is -0.507 e. The summed E-state index contributed by atoms with van der Waals surface area (Å²) in [5.41, 5.74) is 0.640. The number of fused-ring (bicyclic) bond motifs is 1. The third kappa shape index (κ3) is 3.40. The normalized spacial score (nSPS) is 13.9. The van der Waals surface area contributed by atoms with Crippen LogP contribution in [0.2, 0.25) is 0 Å². The number of alkyl halides is 2. The SMILES string of the molecule is O=C(NC1CC1)c1c(O)cc(-c2cnc3cc(F)ccn23)cc1OC(F)F. The molecule has 0 bridgehead atoms. The van der Waals surface area contributed by atoms with Crippen molar-refractivity contribution in [2.45, 2.75) is 25.5 Å². The molecule has 4 rings (SSSR count). The predicted molar refractivity (Wildman–Crippen MR) is 89.4 cm³/mol. The first-order valence-corrected chi connectivity index (χ1v) is 8.18. The summed E-state index contributed by atoms with van der Waals surface area (Å²) < 4.78 is 45.0. The lowest BCUT2D eigenvalue weighted by molar-refractivity contribution is -0.0502. The van der Waals surface area contributed by atoms with Gasteiger partial charge in [-0.2, -0.15) is 8.78 Å². The molecule has 0 saturated heterocycles. The number of benzene rings is 1. The quantitative estimate of drug-likeness (QED) is 0.715. The number of nitrogens with zero attached hydrogens (tertiary/aromatic N) is 2. The van der Waals surface area contributed by atoms with Gasteiger partial charge < -0.3 is 15.2 Å². The van der Waals surface area contributed by atoms with Gasteiger partial charge >= 0.3 is 6.61 Å². The van der Waals surface area contributed by atoms with Crippen LogP contribution in [0.15, 0.2) is 36.7 Å². The number of amides is 1. The van der Waals surface area contributed by atoms with E-state index in [1.165, 1.54) is 41.1 Å². The number of rotatable bonds is 5. The summed E-state index contributed by atoms with van der Waals surface area (Å²) in [6, 6.07) is 4.88. The number of halogens is 3. The fourth-order valence-electron chi connectivity index (χ4n) is 2.82. The lowest BCUT2D eigenvalue weighted by Gasteiger charge is -2.14. The molecule has 2 N–H and O–H groups in total. The highest BCUT2D eigenvalue weighted by molar-refractivity contribution is 6.00. The second kappa shape index (κ2) is 6.49. The Labute approximate surface area is 151 Å². The number of hydrogen-bond donors (Lipinski definition) is 2. The zero-order valence-electron chi connectivity index (χ0n) is 13.8. The summed E-state index contributed by atoms with van der Waals surface area (Å²) in [6.07, 6.45) is 4.42. The molecule has 0 spiro atoms. The molecule has 140 valence electrons. The summed E-state index contributed by atoms with van der Waals surface area (Å²) in [4.78, 5) is 16.4. The summed E-state index contributed by atoms with van der Waals surface area (Å²) in [7, 11) is 0. The van der Waals surface area contributed by atoms with E-state index in [1.807, 2.05) is 0 Å². The Hall–Kier alpha value is -3.23. The molecule has 0 radical (unpaired) electrons. The Bertz CT molecular complexity index is 1030. The smallest absolute Gasteiger partial charge is 0.387 e. The van der Waals surface area contributed by atoms with Crippen molar-refractivity contribution < 1.29 is 27.8 Å². The zero-order valence-corrected chi connectivity index (χ0v) is 13.8. The molecule has 6 nitrogen and oxygen atoms in total. The van der Waals surface area contributed by atoms with E-state index in [2.05, 4.69) is 15.0 Å². The Morgan fingerprint density at radius 2 is 2.11 bits per heavy atom. The van der Waals surface area contributed by atoms with E-state index in [9.17, 15) is 23.1 Å². The number of carbonyl (C=O) groups is 1. The van der Waals surface area contributed by atoms with E-state index in [0.717, 1.165) is 12.8 Å². The summed E-state index contributed by atoms with van der Waals surface area (Å²) in [5, 5.41) is 13.0. The van der Waals surface area contributed by atoms with Gasteiger partial charge in [0.2, 0.25) is 0 Å². The second-order valence-electron chi connectivity index (χ2n) is 6.21. The standard InChI is InChI=1S/C18H14F3N3O3/c19-10-3-4-24-12(8-22-15(24)7-10)9-5-13(25)16(14(6-9)27-18(20)21)17(26)23-11-1-2-11/h3-8,11,18,25H,1-2H2,(H,23,26). The molecule has 1 amide bonds. The molecule has 1 aliphatic rings. The van der Waals surface area contributed by atoms with Crippen LogP contribution in [0.25, 0.3) is 16.9 Å². The van der Waals surface area contributed by atoms with Crippen molar-refractivity contribution >= 4 is 11.6 Å². The molecular formula is C18H14F3N3O3. The topological polar surface area (TPSA) is 75.9 Å². The van der Waals surface area contributed by atoms with Crippen molar-refractivity contribution in [1.82, 2.24) is 14.7 Å². The third-order valence-corrected chi connectivity index (χ3v) is 4.21. The zero-order chi connectivity index (χ0) is 19.1. The maximum absolute atomic E-state index is 13.3. The van der Waals surface area contributed by atoms with Gasteiger partial charge in [-0.05, 0) is 31.0 Å². The lowest BCUT2D eigenvalue weighted by atomic mass is 10.1. The summed E-state index contributed by atoms with van der Waals surface area (Å²) in [6.45, 7) is -3.18. The highest BCUT2D eigenvalue weighted by atomic mass is 19.3. The number of carbonyl (C=O) groups excluding carboxylic acids is 1. The van der Waals surface area contributed by atoms with Crippen molar-refractivity contribution in [3.05, 3.63) is 48.0 Å². The number of phenolic OH excluding ortho intramolecular Hbond substituents is 1. The molecule has 2 aromatic heterocycles. The Morgan fingerprint density at radius 1 is 1.33 bits per heavy atom. The van der Waals surface area contributed by atoms with Crippen molar-refractivity contribution in [2.24, 2.45) is 0 Å². The first-order chi connectivity index (χ1) is 12.9. The number of pyridine rings is 1. The van der Waals surface area contributed by atoms with Gasteiger partial charge in [-0.25, -0.2) is 9.37 Å². The highest BCUT2D eigenvalue weighted by Gasteiger charge is 2.28. The molecule has 0 aliphatic heterocycles. The molecule has 1 saturated carbocycles. The molecule has 1 aromatic carbocycles. The van der Waals surface area contributed by atoms with Gasteiger partial charge in [0.25, 0.3) is 5.91 Å². The highest BCUT2D eigenvalue weighted by Crippen LogP contribution is 2.36. The van der Waals surface area contributed by atoms with Gasteiger partial charge in [0.15, 0.2) is 0 Å². The van der Waals surface area contributed by atoms with Gasteiger partial charge in [0.05, 0.1) is 11.9 Å². The number of aromatic hydroxyl groups is 1.